The van der Waals surface area contributed by atoms with Gasteiger partial charge in [-0.2, -0.15) is 5.26 Å². The highest BCUT2D eigenvalue weighted by Gasteiger charge is 2.13. The van der Waals surface area contributed by atoms with Crippen LogP contribution < -0.4 is 10.5 Å². The molecule has 0 spiro atoms. The lowest BCUT2D eigenvalue weighted by atomic mass is 9.97. The normalized spacial score (nSPS) is 11.7. The molecule has 154 valence electrons. The lowest BCUT2D eigenvalue weighted by molar-refractivity contribution is -0.136. The Hall–Kier alpha value is -4.08. The van der Waals surface area contributed by atoms with Gasteiger partial charge in [-0.15, -0.1) is 0 Å². The van der Waals surface area contributed by atoms with E-state index < -0.39 is 12.0 Å². The average molecular weight is 412 g/mol. The Morgan fingerprint density at radius 2 is 1.97 bits per heavy atom. The van der Waals surface area contributed by atoms with E-state index in [1.807, 2.05) is 48.5 Å². The molecular formula is C25H20N2O4. The van der Waals surface area contributed by atoms with Gasteiger partial charge in [0.05, 0.1) is 18.8 Å². The van der Waals surface area contributed by atoms with E-state index in [2.05, 4.69) is 6.07 Å². The van der Waals surface area contributed by atoms with Crippen LogP contribution in [0.4, 0.5) is 0 Å². The molecule has 0 radical (unpaired) electrons. The quantitative estimate of drug-likeness (QED) is 0.450. The van der Waals surface area contributed by atoms with Crippen LogP contribution in [-0.2, 0) is 17.8 Å². The molecule has 3 N–H and O–H groups in total. The topological polar surface area (TPSA) is 109 Å². The fourth-order valence-corrected chi connectivity index (χ4v) is 3.53. The predicted molar refractivity (Wildman–Crippen MR) is 116 cm³/mol. The molecule has 6 nitrogen and oxygen atoms in total. The summed E-state index contributed by atoms with van der Waals surface area (Å²) in [5.74, 6) is -0.366. The predicted octanol–water partition coefficient (Wildman–Crippen LogP) is 4.83. The lowest BCUT2D eigenvalue weighted by Crippen LogP contribution is -2.07. The zero-order valence-corrected chi connectivity index (χ0v) is 16.6. The molecule has 4 aromatic rings. The van der Waals surface area contributed by atoms with Gasteiger partial charge >= 0.3 is 5.97 Å². The van der Waals surface area contributed by atoms with Gasteiger partial charge in [0.25, 0.3) is 0 Å². The van der Waals surface area contributed by atoms with Gasteiger partial charge in [0.15, 0.2) is 0 Å². The summed E-state index contributed by atoms with van der Waals surface area (Å²) in [6, 6.07) is 21.8. The van der Waals surface area contributed by atoms with Crippen molar-refractivity contribution in [2.45, 2.75) is 19.1 Å². The van der Waals surface area contributed by atoms with Gasteiger partial charge in [0.1, 0.15) is 24.0 Å². The highest BCUT2D eigenvalue weighted by atomic mass is 16.5. The first-order valence-corrected chi connectivity index (χ1v) is 9.73. The number of nitrogens with zero attached hydrogens (tertiary/aromatic N) is 1. The van der Waals surface area contributed by atoms with E-state index in [-0.39, 0.29) is 13.0 Å². The monoisotopic (exact) mass is 412 g/mol. The molecule has 6 heteroatoms. The van der Waals surface area contributed by atoms with Gasteiger partial charge in [-0.05, 0) is 47.0 Å². The third kappa shape index (κ3) is 4.42. The van der Waals surface area contributed by atoms with Crippen LogP contribution in [0.1, 0.15) is 22.7 Å². The van der Waals surface area contributed by atoms with E-state index in [0.29, 0.717) is 11.3 Å². The van der Waals surface area contributed by atoms with Crippen molar-refractivity contribution in [1.29, 1.82) is 5.26 Å². The number of carboxylic acid groups (broad SMARTS) is 1. The summed E-state index contributed by atoms with van der Waals surface area (Å²) < 4.78 is 11.7. The van der Waals surface area contributed by atoms with Crippen molar-refractivity contribution in [1.82, 2.24) is 0 Å². The van der Waals surface area contributed by atoms with Crippen molar-refractivity contribution in [3.8, 4) is 22.9 Å². The highest BCUT2D eigenvalue weighted by Crippen LogP contribution is 2.33. The first-order chi connectivity index (χ1) is 15.0. The number of fused-ring (bicyclic) bond motifs is 1. The van der Waals surface area contributed by atoms with Gasteiger partial charge < -0.3 is 20.0 Å². The molecule has 0 aliphatic heterocycles. The minimum absolute atomic E-state index is 0.103. The molecule has 0 saturated heterocycles. The summed E-state index contributed by atoms with van der Waals surface area (Å²) in [6.45, 7) is 0.266. The summed E-state index contributed by atoms with van der Waals surface area (Å²) in [5, 5.41) is 19.2. The minimum Gasteiger partial charge on any atom is -0.489 e. The number of nitriles is 1. The van der Waals surface area contributed by atoms with Crippen LogP contribution in [0, 0.1) is 11.3 Å². The largest absolute Gasteiger partial charge is 0.489 e. The minimum atomic E-state index is -0.909. The maximum atomic E-state index is 11.1. The third-order valence-corrected chi connectivity index (χ3v) is 5.02. The van der Waals surface area contributed by atoms with E-state index in [4.69, 9.17) is 25.3 Å². The van der Waals surface area contributed by atoms with Crippen LogP contribution in [0.15, 0.2) is 77.4 Å². The Morgan fingerprint density at radius 3 is 2.77 bits per heavy atom. The molecule has 0 aliphatic carbocycles. The molecule has 3 aromatic carbocycles. The Labute approximate surface area is 179 Å². The molecule has 0 fully saturated rings. The molecule has 1 aromatic heterocycles. The van der Waals surface area contributed by atoms with E-state index in [1.165, 1.54) is 0 Å². The number of ether oxygens (including phenoxy) is 1. The number of furan rings is 1. The summed E-state index contributed by atoms with van der Waals surface area (Å²) in [7, 11) is 0. The fourth-order valence-electron chi connectivity index (χ4n) is 3.53. The molecule has 4 rings (SSSR count). The van der Waals surface area contributed by atoms with Crippen LogP contribution in [-0.4, -0.2) is 11.1 Å². The van der Waals surface area contributed by atoms with Gasteiger partial charge in [0.2, 0.25) is 0 Å². The summed E-state index contributed by atoms with van der Waals surface area (Å²) in [5.41, 5.74) is 10.6. The van der Waals surface area contributed by atoms with Crippen molar-refractivity contribution in [3.05, 3.63) is 89.7 Å². The number of nitrogens with two attached hydrogens (primary N) is 1. The number of rotatable bonds is 7. The molecule has 1 atom stereocenters. The molecular weight excluding hydrogens is 392 g/mol. The molecule has 0 amide bonds. The maximum Gasteiger partial charge on any atom is 0.307 e. The van der Waals surface area contributed by atoms with Crippen molar-refractivity contribution < 1.29 is 19.1 Å². The van der Waals surface area contributed by atoms with Crippen LogP contribution in [0.25, 0.3) is 22.1 Å². The Morgan fingerprint density at radius 1 is 1.13 bits per heavy atom. The van der Waals surface area contributed by atoms with Crippen molar-refractivity contribution in [2.24, 2.45) is 5.73 Å². The zero-order valence-electron chi connectivity index (χ0n) is 16.6. The number of carboxylic acids is 1. The zero-order chi connectivity index (χ0) is 21.8. The Bertz CT molecular complexity index is 1290. The first-order valence-electron chi connectivity index (χ1n) is 9.73. The van der Waals surface area contributed by atoms with Crippen LogP contribution >= 0.6 is 0 Å². The van der Waals surface area contributed by atoms with E-state index in [0.717, 1.165) is 33.2 Å². The van der Waals surface area contributed by atoms with Crippen molar-refractivity contribution in [2.75, 3.05) is 0 Å². The third-order valence-electron chi connectivity index (χ3n) is 5.02. The fraction of sp³-hybridized carbons (Fsp3) is 0.120. The average Bonchev–Trinajstić information content (AvgIpc) is 3.26. The Kier molecular flexibility index (Phi) is 5.69. The second-order valence-electron chi connectivity index (χ2n) is 7.18. The second kappa shape index (κ2) is 8.74. The summed E-state index contributed by atoms with van der Waals surface area (Å²) >= 11 is 0. The number of hydrogen-bond donors (Lipinski definition) is 2. The molecule has 1 unspecified atom stereocenters. The molecule has 0 aliphatic rings. The highest BCUT2D eigenvalue weighted by molar-refractivity contribution is 5.93. The standard InChI is InChI=1S/C25H20N2O4/c26-14-22(27)18-6-3-5-17(12-18)21-11-16(10-20-8-9-30-25(20)21)15-31-23-7-2-1-4-19(23)13-24(28)29/h1-12,22H,13,15,27H2,(H,28,29). The number of carbonyl (C=O) groups is 1. The van der Waals surface area contributed by atoms with E-state index in [1.54, 1.807) is 24.5 Å². The van der Waals surface area contributed by atoms with Gasteiger partial charge in [0, 0.05) is 16.5 Å². The second-order valence-corrected chi connectivity index (χ2v) is 7.18. The van der Waals surface area contributed by atoms with E-state index >= 15 is 0 Å². The first kappa shape index (κ1) is 20.2. The maximum absolute atomic E-state index is 11.1. The van der Waals surface area contributed by atoms with Crippen LogP contribution in [0.3, 0.4) is 0 Å². The van der Waals surface area contributed by atoms with Crippen LogP contribution in [0.5, 0.6) is 5.75 Å². The smallest absolute Gasteiger partial charge is 0.307 e. The molecule has 1 heterocycles. The molecule has 31 heavy (non-hydrogen) atoms. The van der Waals surface area contributed by atoms with Gasteiger partial charge in [-0.25, -0.2) is 0 Å². The SMILES string of the molecule is N#CC(N)c1cccc(-c2cc(COc3ccccc3CC(=O)O)cc3ccoc23)c1. The van der Waals surface area contributed by atoms with Crippen LogP contribution in [0.2, 0.25) is 0 Å². The number of para-hydroxylation sites is 1. The number of aliphatic carboxylic acids is 1. The van der Waals surface area contributed by atoms with Gasteiger partial charge in [-0.1, -0.05) is 36.4 Å². The molecule has 0 saturated carbocycles. The van der Waals surface area contributed by atoms with Gasteiger partial charge in [-0.3, -0.25) is 4.79 Å². The number of hydrogen-bond acceptors (Lipinski definition) is 5. The van der Waals surface area contributed by atoms with E-state index in [9.17, 15) is 4.79 Å². The van der Waals surface area contributed by atoms with Crippen molar-refractivity contribution >= 4 is 16.9 Å². The summed E-state index contributed by atoms with van der Waals surface area (Å²) in [4.78, 5) is 11.1. The summed E-state index contributed by atoms with van der Waals surface area (Å²) in [6.07, 6.45) is 1.53. The van der Waals surface area contributed by atoms with Crippen molar-refractivity contribution in [3.63, 3.8) is 0 Å². The number of benzene rings is 3. The lowest BCUT2D eigenvalue weighted by Gasteiger charge is -2.12. The Balaban J connectivity index is 1.68. The molecule has 0 bridgehead atoms.